The molecule has 0 radical (unpaired) electrons. The third-order valence-electron chi connectivity index (χ3n) is 4.22. The van der Waals surface area contributed by atoms with Gasteiger partial charge < -0.3 is 4.98 Å². The molecule has 1 heterocycles. The molecule has 3 rings (SSSR count). The Morgan fingerprint density at radius 1 is 1.29 bits per heavy atom. The van der Waals surface area contributed by atoms with Crippen LogP contribution in [0.4, 0.5) is 0 Å². The van der Waals surface area contributed by atoms with E-state index in [-0.39, 0.29) is 17.8 Å². The number of hydrogen-bond acceptors (Lipinski definition) is 2. The van der Waals surface area contributed by atoms with Gasteiger partial charge in [-0.1, -0.05) is 26.8 Å². The highest BCUT2D eigenvalue weighted by atomic mass is 35.5. The van der Waals surface area contributed by atoms with Crippen LogP contribution in [0.1, 0.15) is 51.4 Å². The second kappa shape index (κ2) is 5.80. The monoisotopic (exact) mass is 306 g/mol. The van der Waals surface area contributed by atoms with Crippen molar-refractivity contribution in [1.29, 1.82) is 0 Å². The number of aromatic nitrogens is 2. The molecule has 1 N–H and O–H groups in total. The summed E-state index contributed by atoms with van der Waals surface area (Å²) in [5.41, 5.74) is 3.64. The van der Waals surface area contributed by atoms with Crippen molar-refractivity contribution in [1.82, 2.24) is 9.97 Å². The van der Waals surface area contributed by atoms with Crippen LogP contribution in [-0.2, 0) is 16.6 Å². The molecule has 2 aromatic rings. The van der Waals surface area contributed by atoms with Crippen molar-refractivity contribution in [3.05, 3.63) is 29.6 Å². The number of fused-ring (bicyclic) bond motifs is 1. The minimum absolute atomic E-state index is 0. The van der Waals surface area contributed by atoms with Crippen LogP contribution in [0.3, 0.4) is 0 Å². The molecule has 1 aliphatic carbocycles. The van der Waals surface area contributed by atoms with E-state index >= 15 is 0 Å². The standard InChI is InChI=1S/C17H22N2O.ClH/c1-17(2,3)12-5-6-14-15(10-12)19-16(18-14)7-4-11-8-13(20)9-11;/h5-6,10-11H,4,7-9H2,1-3H3,(H,18,19);1H. The predicted molar refractivity (Wildman–Crippen MR) is 88.1 cm³/mol. The van der Waals surface area contributed by atoms with Crippen molar-refractivity contribution >= 4 is 29.2 Å². The number of halogens is 1. The maximum absolute atomic E-state index is 11.0. The smallest absolute Gasteiger partial charge is 0.133 e. The summed E-state index contributed by atoms with van der Waals surface area (Å²) in [6.07, 6.45) is 3.55. The fourth-order valence-electron chi connectivity index (χ4n) is 2.78. The highest BCUT2D eigenvalue weighted by Gasteiger charge is 2.26. The molecular formula is C17H23ClN2O. The van der Waals surface area contributed by atoms with Gasteiger partial charge in [-0.25, -0.2) is 4.98 Å². The van der Waals surface area contributed by atoms with Gasteiger partial charge in [0, 0.05) is 19.3 Å². The number of ketones is 1. The lowest BCUT2D eigenvalue weighted by Crippen LogP contribution is -2.23. The number of aryl methyl sites for hydroxylation is 1. The first-order valence-corrected chi connectivity index (χ1v) is 7.42. The first-order valence-electron chi connectivity index (χ1n) is 7.42. The minimum Gasteiger partial charge on any atom is -0.342 e. The zero-order valence-corrected chi connectivity index (χ0v) is 13.7. The summed E-state index contributed by atoms with van der Waals surface area (Å²) in [6.45, 7) is 6.66. The Bertz CT molecular complexity index is 646. The molecule has 0 atom stereocenters. The second-order valence-electron chi connectivity index (χ2n) is 7.02. The Balaban J connectivity index is 0.00000161. The molecule has 3 nitrogen and oxygen atoms in total. The number of benzene rings is 1. The van der Waals surface area contributed by atoms with E-state index in [9.17, 15) is 4.79 Å². The summed E-state index contributed by atoms with van der Waals surface area (Å²) in [5, 5.41) is 0. The Labute approximate surface area is 132 Å². The maximum Gasteiger partial charge on any atom is 0.133 e. The predicted octanol–water partition coefficient (Wildman–Crippen LogP) is 4.19. The number of carbonyl (C=O) groups excluding carboxylic acids is 1. The van der Waals surface area contributed by atoms with Crippen molar-refractivity contribution in [2.45, 2.75) is 51.9 Å². The molecule has 1 aromatic heterocycles. The number of hydrogen-bond donors (Lipinski definition) is 1. The van der Waals surface area contributed by atoms with E-state index in [0.717, 1.165) is 42.5 Å². The van der Waals surface area contributed by atoms with Gasteiger partial charge in [0.05, 0.1) is 11.0 Å². The van der Waals surface area contributed by atoms with Crippen LogP contribution in [0.25, 0.3) is 11.0 Å². The van der Waals surface area contributed by atoms with E-state index in [1.54, 1.807) is 0 Å². The molecule has 0 saturated heterocycles. The minimum atomic E-state index is 0. The van der Waals surface area contributed by atoms with Crippen molar-refractivity contribution in [2.75, 3.05) is 0 Å². The number of nitrogens with one attached hydrogen (secondary N) is 1. The van der Waals surface area contributed by atoms with Crippen molar-refractivity contribution in [3.63, 3.8) is 0 Å². The van der Waals surface area contributed by atoms with E-state index in [2.05, 4.69) is 48.9 Å². The van der Waals surface area contributed by atoms with Gasteiger partial charge in [0.2, 0.25) is 0 Å². The van der Waals surface area contributed by atoms with Gasteiger partial charge in [-0.2, -0.15) is 0 Å². The molecular weight excluding hydrogens is 284 g/mol. The molecule has 0 unspecified atom stereocenters. The van der Waals surface area contributed by atoms with Crippen molar-refractivity contribution < 1.29 is 4.79 Å². The average Bonchev–Trinajstić information content (AvgIpc) is 2.73. The molecule has 0 amide bonds. The van der Waals surface area contributed by atoms with Gasteiger partial charge >= 0.3 is 0 Å². The Morgan fingerprint density at radius 3 is 2.62 bits per heavy atom. The van der Waals surface area contributed by atoms with Gasteiger partial charge in [-0.05, 0) is 35.4 Å². The summed E-state index contributed by atoms with van der Waals surface area (Å²) < 4.78 is 0. The highest BCUT2D eigenvalue weighted by Crippen LogP contribution is 2.28. The van der Waals surface area contributed by atoms with Gasteiger partial charge in [0.15, 0.2) is 0 Å². The number of rotatable bonds is 3. The zero-order chi connectivity index (χ0) is 14.3. The zero-order valence-electron chi connectivity index (χ0n) is 12.9. The molecule has 1 saturated carbocycles. The molecule has 0 bridgehead atoms. The molecule has 114 valence electrons. The van der Waals surface area contributed by atoms with Gasteiger partial charge in [-0.3, -0.25) is 4.79 Å². The van der Waals surface area contributed by atoms with Crippen LogP contribution < -0.4 is 0 Å². The lowest BCUT2D eigenvalue weighted by molar-refractivity contribution is -0.126. The van der Waals surface area contributed by atoms with Gasteiger partial charge in [-0.15, -0.1) is 12.4 Å². The largest absolute Gasteiger partial charge is 0.342 e. The van der Waals surface area contributed by atoms with E-state index < -0.39 is 0 Å². The topological polar surface area (TPSA) is 45.8 Å². The van der Waals surface area contributed by atoms with Crippen LogP contribution in [0, 0.1) is 5.92 Å². The molecule has 1 fully saturated rings. The lowest BCUT2D eigenvalue weighted by Gasteiger charge is -2.23. The van der Waals surface area contributed by atoms with E-state index in [1.807, 2.05) is 0 Å². The number of imidazole rings is 1. The van der Waals surface area contributed by atoms with Gasteiger partial charge in [0.25, 0.3) is 0 Å². The SMILES string of the molecule is CC(C)(C)c1ccc2nc(CCC3CC(=O)C3)[nH]c2c1.Cl. The lowest BCUT2D eigenvalue weighted by atomic mass is 9.81. The summed E-state index contributed by atoms with van der Waals surface area (Å²) in [7, 11) is 0. The third-order valence-corrected chi connectivity index (χ3v) is 4.22. The Hall–Kier alpha value is -1.35. The number of H-pyrrole nitrogens is 1. The van der Waals surface area contributed by atoms with Crippen molar-refractivity contribution in [2.24, 2.45) is 5.92 Å². The summed E-state index contributed by atoms with van der Waals surface area (Å²) in [4.78, 5) is 19.0. The second-order valence-corrected chi connectivity index (χ2v) is 7.02. The molecule has 21 heavy (non-hydrogen) atoms. The summed E-state index contributed by atoms with van der Waals surface area (Å²) >= 11 is 0. The quantitative estimate of drug-likeness (QED) is 0.924. The molecule has 0 aliphatic heterocycles. The van der Waals surface area contributed by atoms with Crippen LogP contribution >= 0.6 is 12.4 Å². The first-order chi connectivity index (χ1) is 9.41. The number of Topliss-reactive ketones (excluding diaryl/α,β-unsaturated/α-hetero) is 1. The van der Waals surface area contributed by atoms with E-state index in [1.165, 1.54) is 5.56 Å². The molecule has 4 heteroatoms. The number of aromatic amines is 1. The summed E-state index contributed by atoms with van der Waals surface area (Å²) in [6, 6.07) is 6.47. The van der Waals surface area contributed by atoms with E-state index in [4.69, 9.17) is 0 Å². The molecule has 0 spiro atoms. The van der Waals surface area contributed by atoms with E-state index in [0.29, 0.717) is 11.7 Å². The maximum atomic E-state index is 11.0. The number of carbonyl (C=O) groups is 1. The van der Waals surface area contributed by atoms with Crippen LogP contribution in [0.15, 0.2) is 18.2 Å². The Kier molecular flexibility index (Phi) is 4.43. The normalized spacial score (nSPS) is 15.9. The summed E-state index contributed by atoms with van der Waals surface area (Å²) in [5.74, 6) is 2.04. The first kappa shape index (κ1) is 16.0. The molecule has 1 aromatic carbocycles. The van der Waals surface area contributed by atoms with Crippen LogP contribution in [-0.4, -0.2) is 15.8 Å². The fraction of sp³-hybridized carbons (Fsp3) is 0.529. The van der Waals surface area contributed by atoms with Gasteiger partial charge in [0.1, 0.15) is 11.6 Å². The number of nitrogens with zero attached hydrogens (tertiary/aromatic N) is 1. The van der Waals surface area contributed by atoms with Crippen LogP contribution in [0.2, 0.25) is 0 Å². The Morgan fingerprint density at radius 2 is 2.00 bits per heavy atom. The molecule has 1 aliphatic rings. The van der Waals surface area contributed by atoms with Crippen molar-refractivity contribution in [3.8, 4) is 0 Å². The van der Waals surface area contributed by atoms with Crippen LogP contribution in [0.5, 0.6) is 0 Å². The average molecular weight is 307 g/mol. The highest BCUT2D eigenvalue weighted by molar-refractivity contribution is 5.85. The third kappa shape index (κ3) is 3.46. The fourth-order valence-corrected chi connectivity index (χ4v) is 2.78.